The third-order valence-electron chi connectivity index (χ3n) is 4.38. The van der Waals surface area contributed by atoms with Crippen LogP contribution >= 0.6 is 11.3 Å². The van der Waals surface area contributed by atoms with E-state index in [1.165, 1.54) is 15.9 Å². The minimum absolute atomic E-state index is 0.171. The lowest BCUT2D eigenvalue weighted by molar-refractivity contribution is 0.102. The van der Waals surface area contributed by atoms with Crippen molar-refractivity contribution >= 4 is 22.9 Å². The van der Waals surface area contributed by atoms with Crippen LogP contribution < -0.4 is 5.32 Å². The van der Waals surface area contributed by atoms with Gasteiger partial charge in [-0.2, -0.15) is 5.10 Å². The van der Waals surface area contributed by atoms with Crippen molar-refractivity contribution in [2.75, 3.05) is 5.32 Å². The highest BCUT2D eigenvalue weighted by atomic mass is 32.1. The average Bonchev–Trinajstić information content (AvgIpc) is 3.41. The molecule has 0 saturated carbocycles. The molecule has 1 amide bonds. The molecule has 4 aromatic heterocycles. The monoisotopic (exact) mass is 378 g/mol. The van der Waals surface area contributed by atoms with Crippen LogP contribution in [0.5, 0.6) is 0 Å². The van der Waals surface area contributed by atoms with Crippen LogP contribution in [-0.4, -0.2) is 30.2 Å². The number of anilines is 1. The zero-order valence-electron chi connectivity index (χ0n) is 15.0. The number of pyridine rings is 1. The molecular weight excluding hydrogens is 360 g/mol. The summed E-state index contributed by atoms with van der Waals surface area (Å²) in [4.78, 5) is 22.4. The van der Waals surface area contributed by atoms with Gasteiger partial charge in [0.1, 0.15) is 12.7 Å². The van der Waals surface area contributed by atoms with E-state index in [4.69, 9.17) is 0 Å². The summed E-state index contributed by atoms with van der Waals surface area (Å²) in [5.41, 5.74) is 3.21. The summed E-state index contributed by atoms with van der Waals surface area (Å²) in [7, 11) is 0. The number of aryl methyl sites for hydroxylation is 1. The molecule has 4 aromatic rings. The molecule has 0 aliphatic rings. The quantitative estimate of drug-likeness (QED) is 0.577. The fourth-order valence-corrected chi connectivity index (χ4v) is 3.71. The van der Waals surface area contributed by atoms with Gasteiger partial charge in [0.2, 0.25) is 0 Å². The Morgan fingerprint density at radius 1 is 1.26 bits per heavy atom. The van der Waals surface area contributed by atoms with Gasteiger partial charge in [-0.05, 0) is 43.5 Å². The van der Waals surface area contributed by atoms with E-state index in [-0.39, 0.29) is 5.91 Å². The van der Waals surface area contributed by atoms with Crippen molar-refractivity contribution in [2.45, 2.75) is 20.4 Å². The molecule has 1 N–H and O–H groups in total. The summed E-state index contributed by atoms with van der Waals surface area (Å²) in [5.74, 6) is 0.352. The first-order chi connectivity index (χ1) is 13.1. The second-order valence-electron chi connectivity index (χ2n) is 6.12. The lowest BCUT2D eigenvalue weighted by atomic mass is 10.2. The smallest absolute Gasteiger partial charge is 0.257 e. The molecule has 4 rings (SSSR count). The number of hydrogen-bond acceptors (Lipinski definition) is 5. The van der Waals surface area contributed by atoms with E-state index in [0.29, 0.717) is 17.1 Å². The van der Waals surface area contributed by atoms with E-state index in [0.717, 1.165) is 17.9 Å². The van der Waals surface area contributed by atoms with Gasteiger partial charge in [-0.25, -0.2) is 14.6 Å². The van der Waals surface area contributed by atoms with Gasteiger partial charge in [-0.3, -0.25) is 4.79 Å². The SMILES string of the molecule is Cc1cc(C(=O)Nc2cccnc2-n2cncn2)c(C)n1Cc1cccs1. The summed E-state index contributed by atoms with van der Waals surface area (Å²) in [6.45, 7) is 4.75. The van der Waals surface area contributed by atoms with Gasteiger partial charge in [-0.15, -0.1) is 11.3 Å². The Bertz CT molecular complexity index is 1070. The normalized spacial score (nSPS) is 10.9. The Balaban J connectivity index is 1.62. The summed E-state index contributed by atoms with van der Waals surface area (Å²) in [6.07, 6.45) is 4.63. The van der Waals surface area contributed by atoms with Crippen molar-refractivity contribution in [1.82, 2.24) is 24.3 Å². The number of hydrogen-bond donors (Lipinski definition) is 1. The second kappa shape index (κ2) is 7.16. The van der Waals surface area contributed by atoms with Crippen LogP contribution in [0.3, 0.4) is 0 Å². The Kier molecular flexibility index (Phi) is 4.55. The van der Waals surface area contributed by atoms with E-state index in [9.17, 15) is 4.79 Å². The minimum atomic E-state index is -0.171. The maximum Gasteiger partial charge on any atom is 0.257 e. The molecule has 0 aliphatic heterocycles. The first kappa shape index (κ1) is 17.2. The molecule has 27 heavy (non-hydrogen) atoms. The Morgan fingerprint density at radius 3 is 2.89 bits per heavy atom. The molecule has 0 aliphatic carbocycles. The van der Waals surface area contributed by atoms with E-state index >= 15 is 0 Å². The van der Waals surface area contributed by atoms with Gasteiger partial charge in [-0.1, -0.05) is 6.07 Å². The number of carbonyl (C=O) groups excluding carboxylic acids is 1. The van der Waals surface area contributed by atoms with Crippen LogP contribution in [0.25, 0.3) is 5.82 Å². The molecule has 0 radical (unpaired) electrons. The van der Waals surface area contributed by atoms with E-state index in [1.807, 2.05) is 26.0 Å². The van der Waals surface area contributed by atoms with Crippen molar-refractivity contribution in [2.24, 2.45) is 0 Å². The number of rotatable bonds is 5. The second-order valence-corrected chi connectivity index (χ2v) is 7.15. The minimum Gasteiger partial charge on any atom is -0.343 e. The predicted molar refractivity (Wildman–Crippen MR) is 104 cm³/mol. The molecule has 0 bridgehead atoms. The van der Waals surface area contributed by atoms with Gasteiger partial charge < -0.3 is 9.88 Å². The highest BCUT2D eigenvalue weighted by Crippen LogP contribution is 2.22. The van der Waals surface area contributed by atoms with Gasteiger partial charge in [0.15, 0.2) is 5.82 Å². The highest BCUT2D eigenvalue weighted by Gasteiger charge is 2.18. The largest absolute Gasteiger partial charge is 0.343 e. The average molecular weight is 378 g/mol. The molecular formula is C19H18N6OS. The molecule has 0 fully saturated rings. The fourth-order valence-electron chi connectivity index (χ4n) is 3.02. The Labute approximate surface area is 160 Å². The van der Waals surface area contributed by atoms with Crippen LogP contribution in [0.15, 0.2) is 54.6 Å². The summed E-state index contributed by atoms with van der Waals surface area (Å²) in [5, 5.41) is 9.11. The van der Waals surface area contributed by atoms with Crippen LogP contribution in [-0.2, 0) is 6.54 Å². The van der Waals surface area contributed by atoms with Crippen molar-refractivity contribution in [3.63, 3.8) is 0 Å². The number of thiophene rings is 1. The van der Waals surface area contributed by atoms with Gasteiger partial charge in [0.25, 0.3) is 5.91 Å². The Hall–Kier alpha value is -3.26. The molecule has 4 heterocycles. The zero-order valence-corrected chi connectivity index (χ0v) is 15.8. The highest BCUT2D eigenvalue weighted by molar-refractivity contribution is 7.09. The summed E-state index contributed by atoms with van der Waals surface area (Å²) < 4.78 is 3.68. The number of aromatic nitrogens is 5. The summed E-state index contributed by atoms with van der Waals surface area (Å²) in [6, 6.07) is 9.63. The standard InChI is InChI=1S/C19H18N6OS/c1-13-9-16(14(2)24(13)10-15-5-4-8-27-15)19(26)23-17-6-3-7-21-18(17)25-12-20-11-22-25/h3-9,11-12H,10H2,1-2H3,(H,23,26). The van der Waals surface area contributed by atoms with E-state index < -0.39 is 0 Å². The topological polar surface area (TPSA) is 77.6 Å². The van der Waals surface area contributed by atoms with E-state index in [1.54, 1.807) is 36.0 Å². The molecule has 0 unspecified atom stereocenters. The maximum atomic E-state index is 12.9. The summed E-state index contributed by atoms with van der Waals surface area (Å²) >= 11 is 1.71. The van der Waals surface area contributed by atoms with Crippen LogP contribution in [0.4, 0.5) is 5.69 Å². The lowest BCUT2D eigenvalue weighted by Crippen LogP contribution is -2.16. The zero-order chi connectivity index (χ0) is 18.8. The molecule has 0 saturated heterocycles. The van der Waals surface area contributed by atoms with Crippen molar-refractivity contribution < 1.29 is 4.79 Å². The third kappa shape index (κ3) is 3.39. The number of carbonyl (C=O) groups is 1. The molecule has 0 spiro atoms. The first-order valence-electron chi connectivity index (χ1n) is 8.44. The van der Waals surface area contributed by atoms with Crippen molar-refractivity contribution in [3.8, 4) is 5.82 Å². The van der Waals surface area contributed by atoms with Gasteiger partial charge in [0.05, 0.1) is 17.8 Å². The molecule has 0 atom stereocenters. The van der Waals surface area contributed by atoms with Gasteiger partial charge in [0, 0.05) is 22.5 Å². The van der Waals surface area contributed by atoms with Crippen LogP contribution in [0.1, 0.15) is 26.6 Å². The molecule has 7 nitrogen and oxygen atoms in total. The first-order valence-corrected chi connectivity index (χ1v) is 9.32. The number of nitrogens with zero attached hydrogens (tertiary/aromatic N) is 5. The fraction of sp³-hybridized carbons (Fsp3) is 0.158. The van der Waals surface area contributed by atoms with Crippen LogP contribution in [0.2, 0.25) is 0 Å². The molecule has 136 valence electrons. The maximum absolute atomic E-state index is 12.9. The number of nitrogens with one attached hydrogen (secondary N) is 1. The Morgan fingerprint density at radius 2 is 2.15 bits per heavy atom. The van der Waals surface area contributed by atoms with Gasteiger partial charge >= 0.3 is 0 Å². The van der Waals surface area contributed by atoms with Crippen LogP contribution in [0, 0.1) is 13.8 Å². The predicted octanol–water partition coefficient (Wildman–Crippen LogP) is 3.44. The van der Waals surface area contributed by atoms with Crippen molar-refractivity contribution in [3.05, 3.63) is 76.4 Å². The lowest BCUT2D eigenvalue weighted by Gasteiger charge is -2.10. The molecule has 8 heteroatoms. The molecule has 0 aromatic carbocycles. The third-order valence-corrected chi connectivity index (χ3v) is 5.24. The number of amides is 1. The van der Waals surface area contributed by atoms with Crippen molar-refractivity contribution in [1.29, 1.82) is 0 Å². The van der Waals surface area contributed by atoms with E-state index in [2.05, 4.69) is 36.4 Å².